The molecule has 0 spiro atoms. The molecule has 2 amide bonds. The Morgan fingerprint density at radius 1 is 1.00 bits per heavy atom. The van der Waals surface area contributed by atoms with Crippen LogP contribution in [0.15, 0.2) is 24.5 Å². The summed E-state index contributed by atoms with van der Waals surface area (Å²) >= 11 is 0. The predicted octanol–water partition coefficient (Wildman–Crippen LogP) is 3.10. The zero-order chi connectivity index (χ0) is 26.8. The van der Waals surface area contributed by atoms with Gasteiger partial charge in [0.15, 0.2) is 0 Å². The van der Waals surface area contributed by atoms with Crippen molar-refractivity contribution < 1.29 is 35.9 Å². The van der Waals surface area contributed by atoms with Gasteiger partial charge < -0.3 is 16.0 Å². The summed E-state index contributed by atoms with van der Waals surface area (Å²) < 4.78 is 76.1. The number of carbonyl (C=O) groups excluding carboxylic acids is 2. The van der Waals surface area contributed by atoms with E-state index < -0.39 is 23.8 Å². The summed E-state index contributed by atoms with van der Waals surface area (Å²) in [6.45, 7) is 1.11. The molecule has 14 heteroatoms. The first-order valence-corrected chi connectivity index (χ1v) is 11.8. The van der Waals surface area contributed by atoms with Crippen LogP contribution < -0.4 is 16.0 Å². The summed E-state index contributed by atoms with van der Waals surface area (Å²) in [5.41, 5.74) is -0.519. The number of aromatic nitrogens is 2. The molecule has 0 bridgehead atoms. The number of hydrogen-bond donors (Lipinski definition) is 3. The smallest absolute Gasteiger partial charge is 0.360 e. The van der Waals surface area contributed by atoms with Crippen LogP contribution in [0.5, 0.6) is 0 Å². The second-order valence-electron chi connectivity index (χ2n) is 9.41. The van der Waals surface area contributed by atoms with E-state index in [4.69, 9.17) is 0 Å². The highest BCUT2D eigenvalue weighted by atomic mass is 19.4. The van der Waals surface area contributed by atoms with Crippen LogP contribution in [0.1, 0.15) is 31.2 Å². The maximum Gasteiger partial charge on any atom is 0.471 e. The molecule has 4 rings (SSSR count). The van der Waals surface area contributed by atoms with Gasteiger partial charge in [0.25, 0.3) is 0 Å². The third kappa shape index (κ3) is 6.79. The maximum atomic E-state index is 13.1. The largest absolute Gasteiger partial charge is 0.471 e. The number of fused-ring (bicyclic) bond motifs is 1. The molecule has 1 saturated heterocycles. The monoisotopic (exact) mass is 532 g/mol. The molecule has 2 fully saturated rings. The van der Waals surface area contributed by atoms with Crippen molar-refractivity contribution in [3.63, 3.8) is 0 Å². The topological polar surface area (TPSA) is 99.2 Å². The van der Waals surface area contributed by atoms with E-state index in [1.54, 1.807) is 0 Å². The molecule has 1 saturated carbocycles. The summed E-state index contributed by atoms with van der Waals surface area (Å²) in [4.78, 5) is 33.5. The van der Waals surface area contributed by atoms with Crippen LogP contribution in [-0.4, -0.2) is 71.1 Å². The normalized spacial score (nSPS) is 21.4. The molecule has 1 aromatic heterocycles. The van der Waals surface area contributed by atoms with Crippen LogP contribution in [0.2, 0.25) is 0 Å². The first-order valence-electron chi connectivity index (χ1n) is 11.8. The first kappa shape index (κ1) is 26.9. The molecule has 202 valence electrons. The second-order valence-corrected chi connectivity index (χ2v) is 9.41. The number of amides is 2. The lowest BCUT2D eigenvalue weighted by Crippen LogP contribution is -2.63. The van der Waals surface area contributed by atoms with Gasteiger partial charge in [0, 0.05) is 31.1 Å². The molecule has 0 unspecified atom stereocenters. The van der Waals surface area contributed by atoms with Gasteiger partial charge in [0.1, 0.15) is 12.1 Å². The highest BCUT2D eigenvalue weighted by Gasteiger charge is 2.39. The number of benzene rings is 1. The quantitative estimate of drug-likeness (QED) is 0.474. The van der Waals surface area contributed by atoms with Crippen LogP contribution >= 0.6 is 0 Å². The molecule has 2 aliphatic rings. The minimum atomic E-state index is -4.87. The van der Waals surface area contributed by atoms with E-state index in [0.717, 1.165) is 25.0 Å². The van der Waals surface area contributed by atoms with E-state index in [1.807, 2.05) is 5.32 Å². The van der Waals surface area contributed by atoms with Gasteiger partial charge in [-0.1, -0.05) is 0 Å². The third-order valence-corrected chi connectivity index (χ3v) is 6.80. The molecule has 1 aliphatic carbocycles. The number of likely N-dealkylation sites (tertiary alicyclic amines) is 1. The molecule has 1 aromatic carbocycles. The van der Waals surface area contributed by atoms with Gasteiger partial charge in [0.2, 0.25) is 5.91 Å². The van der Waals surface area contributed by atoms with Crippen molar-refractivity contribution >= 4 is 28.5 Å². The summed E-state index contributed by atoms with van der Waals surface area (Å²) in [6.07, 6.45) is -5.16. The average Bonchev–Trinajstić information content (AvgIpc) is 2.82. The van der Waals surface area contributed by atoms with Gasteiger partial charge in [0.05, 0.1) is 23.7 Å². The van der Waals surface area contributed by atoms with Gasteiger partial charge in [-0.2, -0.15) is 26.3 Å². The van der Waals surface area contributed by atoms with Crippen molar-refractivity contribution in [2.24, 2.45) is 5.92 Å². The lowest BCUT2D eigenvalue weighted by Gasteiger charge is -2.46. The lowest BCUT2D eigenvalue weighted by molar-refractivity contribution is -0.173. The summed E-state index contributed by atoms with van der Waals surface area (Å²) in [7, 11) is 0. The number of carbonyl (C=O) groups is 2. The summed E-state index contributed by atoms with van der Waals surface area (Å²) in [5.74, 6) is -2.10. The fraction of sp³-hybridized carbons (Fsp3) is 0.565. The fourth-order valence-corrected chi connectivity index (χ4v) is 4.77. The zero-order valence-corrected chi connectivity index (χ0v) is 19.6. The van der Waals surface area contributed by atoms with Crippen molar-refractivity contribution in [2.45, 2.75) is 50.1 Å². The number of halogens is 6. The van der Waals surface area contributed by atoms with Crippen molar-refractivity contribution in [1.82, 2.24) is 25.5 Å². The van der Waals surface area contributed by atoms with Crippen LogP contribution in [0.25, 0.3) is 10.9 Å². The number of nitrogens with one attached hydrogen (secondary N) is 3. The minimum Gasteiger partial charge on any atom is -0.360 e. The molecular formula is C23H26F6N6O2. The van der Waals surface area contributed by atoms with E-state index in [1.165, 1.54) is 12.4 Å². The van der Waals surface area contributed by atoms with E-state index in [0.29, 0.717) is 31.4 Å². The summed E-state index contributed by atoms with van der Waals surface area (Å²) in [5, 5.41) is 7.77. The van der Waals surface area contributed by atoms with Crippen molar-refractivity contribution in [2.75, 3.05) is 31.5 Å². The van der Waals surface area contributed by atoms with Crippen LogP contribution in [0.3, 0.4) is 0 Å². The van der Waals surface area contributed by atoms with E-state index >= 15 is 0 Å². The number of rotatable bonds is 7. The van der Waals surface area contributed by atoms with Gasteiger partial charge >= 0.3 is 18.3 Å². The lowest BCUT2D eigenvalue weighted by atomic mass is 9.84. The Bertz CT molecular complexity index is 1130. The molecule has 0 radical (unpaired) electrons. The SMILES string of the molecule is O=C(CNc1ncnc2ccc(C(F)(F)F)cc12)NC1CN([C@H]2CC[C@@H](CNC(=O)C(F)(F)F)CC2)C1. The van der Waals surface area contributed by atoms with E-state index in [-0.39, 0.29) is 48.2 Å². The van der Waals surface area contributed by atoms with Crippen molar-refractivity contribution in [1.29, 1.82) is 0 Å². The Balaban J connectivity index is 1.18. The highest BCUT2D eigenvalue weighted by Crippen LogP contribution is 2.33. The molecule has 3 N–H and O–H groups in total. The number of alkyl halides is 6. The van der Waals surface area contributed by atoms with Gasteiger partial charge in [-0.05, 0) is 49.8 Å². The van der Waals surface area contributed by atoms with Gasteiger partial charge in [-0.15, -0.1) is 0 Å². The fourth-order valence-electron chi connectivity index (χ4n) is 4.77. The molecule has 2 heterocycles. The molecule has 1 aliphatic heterocycles. The van der Waals surface area contributed by atoms with E-state index in [9.17, 15) is 35.9 Å². The molecular weight excluding hydrogens is 506 g/mol. The minimum absolute atomic E-state index is 0.00971. The van der Waals surface area contributed by atoms with Crippen LogP contribution in [-0.2, 0) is 15.8 Å². The number of nitrogens with zero attached hydrogens (tertiary/aromatic N) is 3. The number of hydrogen-bond acceptors (Lipinski definition) is 6. The van der Waals surface area contributed by atoms with E-state index in [2.05, 4.69) is 25.5 Å². The van der Waals surface area contributed by atoms with Gasteiger partial charge in [-0.3, -0.25) is 14.5 Å². The molecule has 37 heavy (non-hydrogen) atoms. The van der Waals surface area contributed by atoms with Crippen molar-refractivity contribution in [3.8, 4) is 0 Å². The standard InChI is InChI=1S/C23H26F6N6O2/c24-22(25,26)14-3-6-18-17(7-14)20(33-12-32-18)30-9-19(36)34-15-10-35(11-15)16-4-1-13(2-5-16)8-31-21(37)23(27,28)29/h3,6-7,12-13,15-16H,1-2,4-5,8-11H2,(H,31,37)(H,34,36)(H,30,32,33)/t13-,16+. The van der Waals surface area contributed by atoms with Gasteiger partial charge in [-0.25, -0.2) is 9.97 Å². The maximum absolute atomic E-state index is 13.1. The number of anilines is 1. The zero-order valence-electron chi connectivity index (χ0n) is 19.6. The average molecular weight is 532 g/mol. The Morgan fingerprint density at radius 3 is 2.35 bits per heavy atom. The Morgan fingerprint density at radius 2 is 1.70 bits per heavy atom. The molecule has 2 aromatic rings. The van der Waals surface area contributed by atoms with Crippen molar-refractivity contribution in [3.05, 3.63) is 30.1 Å². The van der Waals surface area contributed by atoms with Crippen LogP contribution in [0.4, 0.5) is 32.2 Å². The Labute approximate surface area is 208 Å². The molecule has 8 nitrogen and oxygen atoms in total. The Kier molecular flexibility index (Phi) is 7.76. The Hall–Kier alpha value is -3.16. The first-order chi connectivity index (χ1) is 17.4. The third-order valence-electron chi connectivity index (χ3n) is 6.80. The highest BCUT2D eigenvalue weighted by molar-refractivity contribution is 5.91. The summed E-state index contributed by atoms with van der Waals surface area (Å²) in [6, 6.07) is 3.33. The molecule has 0 atom stereocenters. The predicted molar refractivity (Wildman–Crippen MR) is 121 cm³/mol. The van der Waals surface area contributed by atoms with Crippen LogP contribution in [0, 0.1) is 5.92 Å². The second kappa shape index (κ2) is 10.7.